The predicted octanol–water partition coefficient (Wildman–Crippen LogP) is 7.66. The van der Waals surface area contributed by atoms with Gasteiger partial charge in [-0.15, -0.1) is 11.8 Å². The molecule has 0 radical (unpaired) electrons. The molecule has 0 N–H and O–H groups in total. The molecule has 0 fully saturated rings. The fourth-order valence-electron chi connectivity index (χ4n) is 5.39. The van der Waals surface area contributed by atoms with Crippen LogP contribution < -0.4 is 24.4 Å². The largest absolute Gasteiger partial charge is 0.493 e. The molecule has 11 heteroatoms. The molecule has 0 bridgehead atoms. The molecule has 244 valence electrons. The summed E-state index contributed by atoms with van der Waals surface area (Å²) in [6.07, 6.45) is 3.80. The van der Waals surface area contributed by atoms with Gasteiger partial charge < -0.3 is 14.2 Å². The van der Waals surface area contributed by atoms with Crippen molar-refractivity contribution < 1.29 is 19.0 Å². The number of hydrogen-bond donors (Lipinski definition) is 0. The van der Waals surface area contributed by atoms with E-state index in [0.717, 1.165) is 27.1 Å². The Bertz CT molecular complexity index is 2180. The van der Waals surface area contributed by atoms with Crippen LogP contribution in [0.15, 0.2) is 116 Å². The van der Waals surface area contributed by atoms with Crippen molar-refractivity contribution >= 4 is 68.4 Å². The number of fused-ring (bicyclic) bond motifs is 1. The molecule has 0 saturated heterocycles. The van der Waals surface area contributed by atoms with Crippen LogP contribution in [-0.4, -0.2) is 30.5 Å². The van der Waals surface area contributed by atoms with Gasteiger partial charge in [-0.05, 0) is 88.3 Å². The summed E-state index contributed by atoms with van der Waals surface area (Å²) >= 11 is 12.5. The number of rotatable bonds is 10. The van der Waals surface area contributed by atoms with E-state index in [4.69, 9.17) is 30.8 Å². The molecule has 1 aliphatic heterocycles. The van der Waals surface area contributed by atoms with Crippen molar-refractivity contribution in [3.05, 3.63) is 148 Å². The second-order valence-electron chi connectivity index (χ2n) is 10.7. The zero-order valence-electron chi connectivity index (χ0n) is 26.2. The van der Waals surface area contributed by atoms with Crippen molar-refractivity contribution in [1.82, 2.24) is 4.57 Å². The summed E-state index contributed by atoms with van der Waals surface area (Å²) < 4.78 is 20.1. The second-order valence-corrected chi connectivity index (χ2v) is 13.8. The Balaban J connectivity index is 1.49. The van der Waals surface area contributed by atoms with E-state index >= 15 is 0 Å². The number of hydrogen-bond acceptors (Lipinski definition) is 8. The highest BCUT2D eigenvalue weighted by Crippen LogP contribution is 2.38. The Labute approximate surface area is 299 Å². The molecular formula is C37H30BrClN2O5S2. The normalized spacial score (nSPS) is 14.4. The molecular weight excluding hydrogens is 732 g/mol. The summed E-state index contributed by atoms with van der Waals surface area (Å²) in [7, 11) is 1.57. The molecule has 48 heavy (non-hydrogen) atoms. The Kier molecular flexibility index (Phi) is 10.6. The third-order valence-electron chi connectivity index (χ3n) is 7.65. The van der Waals surface area contributed by atoms with Crippen LogP contribution in [-0.2, 0) is 16.1 Å². The first-order chi connectivity index (χ1) is 23.3. The molecule has 1 aromatic heterocycles. The van der Waals surface area contributed by atoms with Gasteiger partial charge in [0.25, 0.3) is 5.56 Å². The van der Waals surface area contributed by atoms with Crippen molar-refractivity contribution in [3.63, 3.8) is 0 Å². The van der Waals surface area contributed by atoms with E-state index in [-0.39, 0.29) is 12.2 Å². The number of methoxy groups -OCH3 is 1. The summed E-state index contributed by atoms with van der Waals surface area (Å²) in [6.45, 7) is 2.26. The molecule has 0 unspecified atom stereocenters. The van der Waals surface area contributed by atoms with Crippen LogP contribution in [0.2, 0.25) is 5.02 Å². The van der Waals surface area contributed by atoms with Crippen molar-refractivity contribution in [2.45, 2.75) is 24.5 Å². The number of carbonyl (C=O) groups excluding carboxylic acids is 1. The van der Waals surface area contributed by atoms with Gasteiger partial charge in [0.1, 0.15) is 6.61 Å². The van der Waals surface area contributed by atoms with Crippen molar-refractivity contribution in [3.8, 4) is 11.5 Å². The molecule has 0 amide bonds. The van der Waals surface area contributed by atoms with Crippen LogP contribution >= 0.6 is 50.6 Å². The molecule has 7 nitrogen and oxygen atoms in total. The van der Waals surface area contributed by atoms with Gasteiger partial charge in [0, 0.05) is 15.5 Å². The number of thioether (sulfide) groups is 1. The molecule has 1 aliphatic rings. The van der Waals surface area contributed by atoms with Crippen LogP contribution in [0.5, 0.6) is 11.5 Å². The van der Waals surface area contributed by atoms with Gasteiger partial charge >= 0.3 is 5.97 Å². The van der Waals surface area contributed by atoms with Crippen molar-refractivity contribution in [2.24, 2.45) is 4.99 Å². The number of nitrogens with zero attached hydrogens (tertiary/aromatic N) is 2. The quantitative estimate of drug-likeness (QED) is 0.108. The van der Waals surface area contributed by atoms with Gasteiger partial charge in [-0.3, -0.25) is 9.36 Å². The number of halogens is 2. The zero-order valence-corrected chi connectivity index (χ0v) is 30.2. The van der Waals surface area contributed by atoms with Crippen molar-refractivity contribution in [1.29, 1.82) is 0 Å². The lowest BCUT2D eigenvalue weighted by Gasteiger charge is -2.26. The van der Waals surface area contributed by atoms with Crippen LogP contribution in [0.25, 0.3) is 11.8 Å². The van der Waals surface area contributed by atoms with Crippen LogP contribution in [0, 0.1) is 0 Å². The monoisotopic (exact) mass is 760 g/mol. The highest BCUT2D eigenvalue weighted by atomic mass is 79.9. The molecule has 6 rings (SSSR count). The number of ether oxygens (including phenoxy) is 3. The Hall–Kier alpha value is -4.09. The van der Waals surface area contributed by atoms with Crippen LogP contribution in [0.3, 0.4) is 0 Å². The SMILES string of the molecule is CCOC(=O)C1=C(c2ccccc2)N=c2s/c(=C\c3cc(Br)c(OCc4ccc(Cl)cc4)c(OC)c3)c(=O)n2[C@H]1c1ccc(SC)cc1. The summed E-state index contributed by atoms with van der Waals surface area (Å²) in [5, 5.41) is 0.653. The standard InChI is InChI=1S/C37H30BrClN2O5S2/c1-4-45-36(43)31-32(24-8-6-5-7-9-24)40-37-41(33(31)25-12-16-27(47-3)17-13-25)35(42)30(48-37)20-23-18-28(38)34(29(19-23)44-2)46-21-22-10-14-26(39)15-11-22/h5-20,33H,4,21H2,1-3H3/b30-20-/t33-/m0/s1. The third-order valence-corrected chi connectivity index (χ3v) is 10.2. The number of benzene rings is 4. The topological polar surface area (TPSA) is 79.1 Å². The number of esters is 1. The predicted molar refractivity (Wildman–Crippen MR) is 196 cm³/mol. The second kappa shape index (κ2) is 15.0. The lowest BCUT2D eigenvalue weighted by atomic mass is 9.93. The average Bonchev–Trinajstić information content (AvgIpc) is 3.41. The first kappa shape index (κ1) is 33.8. The minimum Gasteiger partial charge on any atom is -0.493 e. The summed E-state index contributed by atoms with van der Waals surface area (Å²) in [5.74, 6) is 0.516. The average molecular weight is 762 g/mol. The Morgan fingerprint density at radius 3 is 2.46 bits per heavy atom. The number of carbonyl (C=O) groups is 1. The fourth-order valence-corrected chi connectivity index (χ4v) is 7.50. The van der Waals surface area contributed by atoms with E-state index in [9.17, 15) is 9.59 Å². The highest BCUT2D eigenvalue weighted by Gasteiger charge is 2.35. The Morgan fingerprint density at radius 1 is 1.06 bits per heavy atom. The van der Waals surface area contributed by atoms with E-state index in [0.29, 0.717) is 48.2 Å². The minimum atomic E-state index is -0.751. The molecule has 4 aromatic carbocycles. The van der Waals surface area contributed by atoms with Gasteiger partial charge in [-0.25, -0.2) is 9.79 Å². The van der Waals surface area contributed by atoms with Gasteiger partial charge in [0.05, 0.1) is 40.0 Å². The first-order valence-corrected chi connectivity index (χ1v) is 18.2. The summed E-state index contributed by atoms with van der Waals surface area (Å²) in [5.41, 5.74) is 3.72. The lowest BCUT2D eigenvalue weighted by molar-refractivity contribution is -0.138. The smallest absolute Gasteiger partial charge is 0.338 e. The van der Waals surface area contributed by atoms with Crippen LogP contribution in [0.4, 0.5) is 0 Å². The zero-order chi connectivity index (χ0) is 33.8. The maximum atomic E-state index is 14.3. The lowest BCUT2D eigenvalue weighted by Crippen LogP contribution is -2.40. The highest BCUT2D eigenvalue weighted by molar-refractivity contribution is 9.10. The van der Waals surface area contributed by atoms with Gasteiger partial charge in [0.2, 0.25) is 0 Å². The fraction of sp³-hybridized carbons (Fsp3) is 0.162. The maximum absolute atomic E-state index is 14.3. The molecule has 2 heterocycles. The van der Waals surface area contributed by atoms with E-state index in [1.807, 2.05) is 97.3 Å². The Morgan fingerprint density at radius 2 is 1.79 bits per heavy atom. The van der Waals surface area contributed by atoms with E-state index < -0.39 is 12.0 Å². The molecule has 0 spiro atoms. The van der Waals surface area contributed by atoms with Gasteiger partial charge in [-0.1, -0.05) is 77.5 Å². The molecule has 5 aromatic rings. The number of thiazole rings is 1. The summed E-state index contributed by atoms with van der Waals surface area (Å²) in [6, 6.07) is 27.7. The summed E-state index contributed by atoms with van der Waals surface area (Å²) in [4.78, 5) is 34.5. The van der Waals surface area contributed by atoms with E-state index in [1.54, 1.807) is 36.4 Å². The molecule has 1 atom stereocenters. The van der Waals surface area contributed by atoms with Crippen molar-refractivity contribution in [2.75, 3.05) is 20.0 Å². The first-order valence-electron chi connectivity index (χ1n) is 15.0. The van der Waals surface area contributed by atoms with Gasteiger partial charge in [0.15, 0.2) is 16.3 Å². The van der Waals surface area contributed by atoms with E-state index in [2.05, 4.69) is 15.9 Å². The molecule has 0 saturated carbocycles. The third kappa shape index (κ3) is 7.03. The van der Waals surface area contributed by atoms with Gasteiger partial charge in [-0.2, -0.15) is 0 Å². The number of aromatic nitrogens is 1. The van der Waals surface area contributed by atoms with E-state index in [1.165, 1.54) is 11.3 Å². The maximum Gasteiger partial charge on any atom is 0.338 e. The minimum absolute atomic E-state index is 0.184. The van der Waals surface area contributed by atoms with Crippen LogP contribution in [0.1, 0.15) is 35.2 Å². The molecule has 0 aliphatic carbocycles.